The van der Waals surface area contributed by atoms with Crippen LogP contribution in [0.4, 0.5) is 0 Å². The molecular formula is C25H42O5. The second kappa shape index (κ2) is 7.74. The summed E-state index contributed by atoms with van der Waals surface area (Å²) in [6.45, 7) is 8.52. The lowest BCUT2D eigenvalue weighted by molar-refractivity contribution is -0.207. The van der Waals surface area contributed by atoms with Crippen LogP contribution >= 0.6 is 0 Å². The number of rotatable bonds is 4. The highest BCUT2D eigenvalue weighted by molar-refractivity contribution is 5.69. The van der Waals surface area contributed by atoms with Crippen LogP contribution in [0.25, 0.3) is 0 Å². The van der Waals surface area contributed by atoms with Crippen molar-refractivity contribution in [2.45, 2.75) is 97.4 Å². The van der Waals surface area contributed by atoms with Gasteiger partial charge in [0.05, 0.1) is 24.2 Å². The lowest BCUT2D eigenvalue weighted by Crippen LogP contribution is -2.62. The molecule has 0 saturated heterocycles. The molecule has 0 radical (unpaired) electrons. The van der Waals surface area contributed by atoms with Gasteiger partial charge in [-0.25, -0.2) is 0 Å². The Morgan fingerprint density at radius 1 is 1.00 bits per heavy atom. The SMILES string of the molecule is C[C@H](C[C@H](C)C(=O)O)[C@H]1CC[C@H]2[C@@H]3[C@H](O)CC4C[C@H](O)CC[C@]4(C)[C@H]3C[C@H](O)[C@]12C. The second-order valence-corrected chi connectivity index (χ2v) is 12.0. The van der Waals surface area contributed by atoms with Crippen molar-refractivity contribution in [3.63, 3.8) is 0 Å². The first-order chi connectivity index (χ1) is 14.0. The molecule has 4 aliphatic carbocycles. The Hall–Kier alpha value is -0.650. The van der Waals surface area contributed by atoms with E-state index in [-0.39, 0.29) is 40.8 Å². The topological polar surface area (TPSA) is 98.0 Å². The van der Waals surface area contributed by atoms with E-state index in [1.807, 2.05) is 0 Å². The van der Waals surface area contributed by atoms with Crippen molar-refractivity contribution in [1.29, 1.82) is 0 Å². The summed E-state index contributed by atoms with van der Waals surface area (Å²) in [4.78, 5) is 11.4. The van der Waals surface area contributed by atoms with Gasteiger partial charge in [0, 0.05) is 0 Å². The average molecular weight is 423 g/mol. The molecule has 0 spiro atoms. The van der Waals surface area contributed by atoms with Gasteiger partial charge in [-0.15, -0.1) is 0 Å². The Labute approximate surface area is 181 Å². The summed E-state index contributed by atoms with van der Waals surface area (Å²) < 4.78 is 0. The zero-order valence-electron chi connectivity index (χ0n) is 19.1. The maximum atomic E-state index is 11.5. The van der Waals surface area contributed by atoms with Gasteiger partial charge in [0.1, 0.15) is 0 Å². The predicted octanol–water partition coefficient (Wildman–Crippen LogP) is 3.69. The van der Waals surface area contributed by atoms with Crippen LogP contribution < -0.4 is 0 Å². The Morgan fingerprint density at radius 3 is 2.37 bits per heavy atom. The molecule has 12 atom stereocenters. The monoisotopic (exact) mass is 422 g/mol. The van der Waals surface area contributed by atoms with E-state index in [1.54, 1.807) is 6.92 Å². The molecule has 4 aliphatic rings. The van der Waals surface area contributed by atoms with Crippen molar-refractivity contribution in [1.82, 2.24) is 0 Å². The van der Waals surface area contributed by atoms with Crippen LogP contribution in [0.15, 0.2) is 0 Å². The molecule has 0 heterocycles. The van der Waals surface area contributed by atoms with Crippen LogP contribution in [0.5, 0.6) is 0 Å². The molecule has 0 aromatic heterocycles. The van der Waals surface area contributed by atoms with Gasteiger partial charge in [-0.2, -0.15) is 0 Å². The minimum atomic E-state index is -0.744. The first kappa shape index (κ1) is 22.5. The molecule has 0 aromatic rings. The van der Waals surface area contributed by atoms with Crippen LogP contribution in [0, 0.1) is 52.3 Å². The first-order valence-electron chi connectivity index (χ1n) is 12.3. The minimum absolute atomic E-state index is 0.0902. The number of carboxylic acids is 1. The number of aliphatic carboxylic acids is 1. The molecule has 4 saturated carbocycles. The second-order valence-electron chi connectivity index (χ2n) is 12.0. The van der Waals surface area contributed by atoms with Crippen molar-refractivity contribution in [3.05, 3.63) is 0 Å². The number of aliphatic hydroxyl groups is 3. The smallest absolute Gasteiger partial charge is 0.306 e. The van der Waals surface area contributed by atoms with Gasteiger partial charge in [-0.3, -0.25) is 4.79 Å². The van der Waals surface area contributed by atoms with E-state index in [4.69, 9.17) is 0 Å². The molecule has 0 aromatic carbocycles. The zero-order chi connectivity index (χ0) is 22.0. The fourth-order valence-electron chi connectivity index (χ4n) is 8.95. The van der Waals surface area contributed by atoms with Crippen molar-refractivity contribution in [3.8, 4) is 0 Å². The summed E-state index contributed by atoms with van der Waals surface area (Å²) in [6, 6.07) is 0. The maximum Gasteiger partial charge on any atom is 0.306 e. The van der Waals surface area contributed by atoms with Crippen LogP contribution in [0.2, 0.25) is 0 Å². The number of aliphatic hydroxyl groups excluding tert-OH is 3. The van der Waals surface area contributed by atoms with Crippen LogP contribution in [-0.2, 0) is 4.79 Å². The number of carbonyl (C=O) groups is 1. The van der Waals surface area contributed by atoms with Crippen LogP contribution in [0.3, 0.4) is 0 Å². The van der Waals surface area contributed by atoms with Gasteiger partial charge in [0.15, 0.2) is 0 Å². The largest absolute Gasteiger partial charge is 0.481 e. The third kappa shape index (κ3) is 3.26. The standard InChI is InChI=1S/C25H42O5/c1-13(9-14(2)23(29)30)17-5-6-18-22-19(12-21(28)25(17,18)4)24(3)8-7-16(26)10-15(24)11-20(22)27/h13-22,26-28H,5-12H2,1-4H3,(H,29,30)/t13-,14+,15?,16-,17-,18+,19+,20-,21+,22+,24+,25-/m1/s1. The number of fused-ring (bicyclic) bond motifs is 5. The summed E-state index contributed by atoms with van der Waals surface area (Å²) in [5.41, 5.74) is -0.163. The number of hydrogen-bond acceptors (Lipinski definition) is 4. The van der Waals surface area contributed by atoms with E-state index < -0.39 is 12.1 Å². The number of hydrogen-bond donors (Lipinski definition) is 4. The summed E-state index contributed by atoms with van der Waals surface area (Å²) in [6.07, 6.45) is 5.75. The summed E-state index contributed by atoms with van der Waals surface area (Å²) in [5.74, 6) is 0.567. The third-order valence-corrected chi connectivity index (χ3v) is 10.7. The fourth-order valence-corrected chi connectivity index (χ4v) is 8.95. The molecule has 4 rings (SSSR count). The van der Waals surface area contributed by atoms with E-state index in [2.05, 4.69) is 20.8 Å². The normalized spacial score (nSPS) is 52.6. The van der Waals surface area contributed by atoms with Gasteiger partial charge in [0.2, 0.25) is 0 Å². The molecular weight excluding hydrogens is 380 g/mol. The highest BCUT2D eigenvalue weighted by Crippen LogP contribution is 2.68. The summed E-state index contributed by atoms with van der Waals surface area (Å²) in [7, 11) is 0. The molecule has 172 valence electrons. The van der Waals surface area contributed by atoms with E-state index in [0.717, 1.165) is 44.9 Å². The quantitative estimate of drug-likeness (QED) is 0.554. The van der Waals surface area contributed by atoms with E-state index in [0.29, 0.717) is 30.1 Å². The lowest BCUT2D eigenvalue weighted by atomic mass is 9.43. The average Bonchev–Trinajstić information content (AvgIpc) is 3.02. The minimum Gasteiger partial charge on any atom is -0.481 e. The first-order valence-corrected chi connectivity index (χ1v) is 12.3. The predicted molar refractivity (Wildman–Crippen MR) is 115 cm³/mol. The molecule has 30 heavy (non-hydrogen) atoms. The molecule has 4 fully saturated rings. The van der Waals surface area contributed by atoms with Crippen molar-refractivity contribution < 1.29 is 25.2 Å². The van der Waals surface area contributed by atoms with Crippen LogP contribution in [-0.4, -0.2) is 44.7 Å². The van der Waals surface area contributed by atoms with E-state index in [9.17, 15) is 25.2 Å². The fraction of sp³-hybridized carbons (Fsp3) is 0.960. The summed E-state index contributed by atoms with van der Waals surface area (Å²) in [5, 5.41) is 42.4. The highest BCUT2D eigenvalue weighted by atomic mass is 16.4. The van der Waals surface area contributed by atoms with E-state index in [1.165, 1.54) is 0 Å². The van der Waals surface area contributed by atoms with Crippen molar-refractivity contribution >= 4 is 5.97 Å². The molecule has 5 nitrogen and oxygen atoms in total. The Bertz CT molecular complexity index is 666. The van der Waals surface area contributed by atoms with Crippen molar-refractivity contribution in [2.24, 2.45) is 52.3 Å². The molecule has 1 unspecified atom stereocenters. The molecule has 0 bridgehead atoms. The third-order valence-electron chi connectivity index (χ3n) is 10.7. The van der Waals surface area contributed by atoms with E-state index >= 15 is 0 Å². The van der Waals surface area contributed by atoms with Gasteiger partial charge < -0.3 is 20.4 Å². The Morgan fingerprint density at radius 2 is 1.70 bits per heavy atom. The molecule has 0 aliphatic heterocycles. The van der Waals surface area contributed by atoms with Gasteiger partial charge >= 0.3 is 5.97 Å². The summed E-state index contributed by atoms with van der Waals surface area (Å²) >= 11 is 0. The lowest BCUT2D eigenvalue weighted by Gasteiger charge is -2.63. The molecule has 4 N–H and O–H groups in total. The van der Waals surface area contributed by atoms with Crippen LogP contribution in [0.1, 0.15) is 79.1 Å². The van der Waals surface area contributed by atoms with Gasteiger partial charge in [0.25, 0.3) is 0 Å². The van der Waals surface area contributed by atoms with Crippen molar-refractivity contribution in [2.75, 3.05) is 0 Å². The Kier molecular flexibility index (Phi) is 5.81. The molecule has 0 amide bonds. The highest BCUT2D eigenvalue weighted by Gasteiger charge is 2.65. The van der Waals surface area contributed by atoms with Gasteiger partial charge in [-0.1, -0.05) is 27.7 Å². The number of carboxylic acid groups (broad SMARTS) is 1. The maximum absolute atomic E-state index is 11.5. The van der Waals surface area contributed by atoms with Gasteiger partial charge in [-0.05, 0) is 97.7 Å². The zero-order valence-corrected chi connectivity index (χ0v) is 19.1. The molecule has 5 heteroatoms. The Balaban J connectivity index is 1.61.